The normalized spacial score (nSPS) is 9.83. The van der Waals surface area contributed by atoms with E-state index in [1.807, 2.05) is 0 Å². The van der Waals surface area contributed by atoms with Gasteiger partial charge >= 0.3 is 6.08 Å². The van der Waals surface area contributed by atoms with Crippen LogP contribution >= 0.6 is 0 Å². The molecule has 12 heavy (non-hydrogen) atoms. The summed E-state index contributed by atoms with van der Waals surface area (Å²) < 4.78 is 60.5. The summed E-state index contributed by atoms with van der Waals surface area (Å²) in [5, 5.41) is 0. The summed E-state index contributed by atoms with van der Waals surface area (Å²) >= 11 is 0. The second-order valence-corrected chi connectivity index (χ2v) is 3.13. The average Bonchev–Trinajstić information content (AvgIpc) is 1.82. The number of rotatable bonds is 1. The molecule has 0 fully saturated rings. The summed E-state index contributed by atoms with van der Waals surface area (Å²) in [4.78, 5) is 0. The Labute approximate surface area is 68.6 Å². The first kappa shape index (κ1) is 14.0. The van der Waals surface area contributed by atoms with E-state index in [-0.39, 0.29) is 6.42 Å². The van der Waals surface area contributed by atoms with E-state index in [4.69, 9.17) is 13.0 Å². The van der Waals surface area contributed by atoms with E-state index in [2.05, 4.69) is 0 Å². The van der Waals surface area contributed by atoms with Crippen LogP contribution in [0.2, 0.25) is 0 Å². The van der Waals surface area contributed by atoms with Gasteiger partial charge in [-0.25, -0.2) is 12.8 Å². The van der Waals surface area contributed by atoms with Gasteiger partial charge in [0, 0.05) is 12.7 Å². The van der Waals surface area contributed by atoms with Crippen molar-refractivity contribution in [2.45, 2.75) is 13.3 Å². The second-order valence-electron chi connectivity index (χ2n) is 1.72. The lowest BCUT2D eigenvalue weighted by atomic mass is 10.4. The van der Waals surface area contributed by atoms with Crippen LogP contribution in [0.3, 0.4) is 0 Å². The molecule has 0 aliphatic heterocycles. The molecular formula is C5H8F3O3S-. The van der Waals surface area contributed by atoms with E-state index in [0.29, 0.717) is 6.26 Å². The first-order valence-corrected chi connectivity index (χ1v) is 4.60. The minimum atomic E-state index is -3.92. The minimum Gasteiger partial charge on any atom is -0.748 e. The quantitative estimate of drug-likeness (QED) is 0.611. The van der Waals surface area contributed by atoms with Crippen LogP contribution in [0.4, 0.5) is 13.2 Å². The molecule has 0 spiro atoms. The summed E-state index contributed by atoms with van der Waals surface area (Å²) in [7, 11) is -3.92. The highest BCUT2D eigenvalue weighted by Gasteiger charge is 1.98. The smallest absolute Gasteiger partial charge is 0.301 e. The van der Waals surface area contributed by atoms with Crippen molar-refractivity contribution in [2.24, 2.45) is 0 Å². The standard InChI is InChI=1S/C4H5F3.CH4O3S/c1-2-3(5)4(6)7;1-5(2,3)4/h2H2,1H3;1H3,(H,2,3,4)/p-1. The molecule has 0 unspecified atom stereocenters. The molecule has 0 saturated carbocycles. The third-order valence-corrected chi connectivity index (χ3v) is 0.515. The van der Waals surface area contributed by atoms with Crippen LogP contribution in [0.25, 0.3) is 0 Å². The van der Waals surface area contributed by atoms with Crippen molar-refractivity contribution in [3.8, 4) is 0 Å². The molecule has 0 aromatic heterocycles. The fourth-order valence-electron chi connectivity index (χ4n) is 0.134. The van der Waals surface area contributed by atoms with Crippen molar-refractivity contribution in [1.82, 2.24) is 0 Å². The third kappa shape index (κ3) is 22.7. The molecule has 0 aliphatic rings. The maximum Gasteiger partial charge on any atom is 0.301 e. The molecule has 0 amide bonds. The number of halogens is 3. The molecule has 0 atom stereocenters. The largest absolute Gasteiger partial charge is 0.748 e. The Kier molecular flexibility index (Phi) is 7.01. The van der Waals surface area contributed by atoms with Gasteiger partial charge < -0.3 is 4.55 Å². The van der Waals surface area contributed by atoms with E-state index in [1.165, 1.54) is 6.92 Å². The molecule has 0 rings (SSSR count). The van der Waals surface area contributed by atoms with Gasteiger partial charge in [0.1, 0.15) is 0 Å². The fourth-order valence-corrected chi connectivity index (χ4v) is 0.134. The van der Waals surface area contributed by atoms with Gasteiger partial charge in [-0.3, -0.25) is 0 Å². The fraction of sp³-hybridized carbons (Fsp3) is 0.600. The predicted octanol–water partition coefficient (Wildman–Crippen LogP) is 1.64. The van der Waals surface area contributed by atoms with E-state index in [1.54, 1.807) is 0 Å². The summed E-state index contributed by atoms with van der Waals surface area (Å²) in [6, 6.07) is 0. The number of hydrogen-bond acceptors (Lipinski definition) is 3. The van der Waals surface area contributed by atoms with Gasteiger partial charge in [0.25, 0.3) is 0 Å². The monoisotopic (exact) mass is 205 g/mol. The molecule has 0 N–H and O–H groups in total. The molecule has 0 aliphatic carbocycles. The molecule has 0 aromatic carbocycles. The van der Waals surface area contributed by atoms with Crippen LogP contribution in [0.1, 0.15) is 13.3 Å². The highest BCUT2D eigenvalue weighted by molar-refractivity contribution is 7.84. The van der Waals surface area contributed by atoms with Crippen molar-refractivity contribution in [1.29, 1.82) is 0 Å². The second kappa shape index (κ2) is 6.01. The Balaban J connectivity index is 0. The van der Waals surface area contributed by atoms with Crippen LogP contribution in [-0.4, -0.2) is 19.2 Å². The number of allylic oxidation sites excluding steroid dienone is 1. The molecule has 0 radical (unpaired) electrons. The van der Waals surface area contributed by atoms with E-state index in [0.717, 1.165) is 0 Å². The van der Waals surface area contributed by atoms with Crippen molar-refractivity contribution >= 4 is 10.1 Å². The van der Waals surface area contributed by atoms with Crippen molar-refractivity contribution < 1.29 is 26.1 Å². The summed E-state index contributed by atoms with van der Waals surface area (Å²) in [6.07, 6.45) is -1.82. The summed E-state index contributed by atoms with van der Waals surface area (Å²) in [5.41, 5.74) is 0. The van der Waals surface area contributed by atoms with Crippen molar-refractivity contribution in [2.75, 3.05) is 6.26 Å². The molecule has 0 saturated heterocycles. The van der Waals surface area contributed by atoms with Gasteiger partial charge in [-0.05, 0) is 0 Å². The molecular weight excluding hydrogens is 197 g/mol. The topological polar surface area (TPSA) is 57.2 Å². The van der Waals surface area contributed by atoms with Gasteiger partial charge in [0.05, 0.1) is 10.1 Å². The summed E-state index contributed by atoms with van der Waals surface area (Å²) in [5.74, 6) is -1.32. The lowest BCUT2D eigenvalue weighted by Gasteiger charge is -1.90. The Morgan fingerprint density at radius 2 is 1.58 bits per heavy atom. The average molecular weight is 205 g/mol. The van der Waals surface area contributed by atoms with Crippen molar-refractivity contribution in [3.05, 3.63) is 11.9 Å². The number of hydrogen-bond donors (Lipinski definition) is 0. The Morgan fingerprint density at radius 1 is 1.33 bits per heavy atom. The molecule has 0 aromatic rings. The van der Waals surface area contributed by atoms with Crippen LogP contribution in [0.15, 0.2) is 11.9 Å². The predicted molar refractivity (Wildman–Crippen MR) is 36.3 cm³/mol. The highest BCUT2D eigenvalue weighted by atomic mass is 32.2. The third-order valence-electron chi connectivity index (χ3n) is 0.515. The Hall–Kier alpha value is -0.560. The van der Waals surface area contributed by atoms with Crippen LogP contribution < -0.4 is 0 Å². The van der Waals surface area contributed by atoms with Gasteiger partial charge in [0.2, 0.25) is 0 Å². The van der Waals surface area contributed by atoms with Gasteiger partial charge in [-0.1, -0.05) is 6.92 Å². The zero-order valence-corrected chi connectivity index (χ0v) is 7.29. The van der Waals surface area contributed by atoms with E-state index < -0.39 is 22.0 Å². The SMILES string of the molecule is CCC(F)=C(F)F.CS(=O)(=O)[O-]. The van der Waals surface area contributed by atoms with Gasteiger partial charge in [-0.2, -0.15) is 8.78 Å². The van der Waals surface area contributed by atoms with E-state index in [9.17, 15) is 13.2 Å². The lowest BCUT2D eigenvalue weighted by Crippen LogP contribution is -1.88. The first-order chi connectivity index (χ1) is 5.18. The Morgan fingerprint density at radius 3 is 1.58 bits per heavy atom. The Bertz CT molecular complexity index is 233. The summed E-state index contributed by atoms with van der Waals surface area (Å²) in [6.45, 7) is 1.33. The molecule has 3 nitrogen and oxygen atoms in total. The molecule has 7 heteroatoms. The zero-order chi connectivity index (χ0) is 10.4. The van der Waals surface area contributed by atoms with Crippen LogP contribution in [0, 0.1) is 0 Å². The lowest BCUT2D eigenvalue weighted by molar-refractivity contribution is 0.373. The minimum absolute atomic E-state index is 0.220. The van der Waals surface area contributed by atoms with Crippen molar-refractivity contribution in [3.63, 3.8) is 0 Å². The molecule has 74 valence electrons. The van der Waals surface area contributed by atoms with E-state index >= 15 is 0 Å². The van der Waals surface area contributed by atoms with Crippen LogP contribution in [-0.2, 0) is 10.1 Å². The maximum absolute atomic E-state index is 11.4. The highest BCUT2D eigenvalue weighted by Crippen LogP contribution is 2.10. The van der Waals surface area contributed by atoms with Gasteiger partial charge in [-0.15, -0.1) is 0 Å². The molecule has 0 heterocycles. The maximum atomic E-state index is 11.4. The zero-order valence-electron chi connectivity index (χ0n) is 6.47. The first-order valence-electron chi connectivity index (χ1n) is 2.79. The van der Waals surface area contributed by atoms with Crippen LogP contribution in [0.5, 0.6) is 0 Å². The molecule has 0 bridgehead atoms. The van der Waals surface area contributed by atoms with Gasteiger partial charge in [0.15, 0.2) is 5.83 Å².